The van der Waals surface area contributed by atoms with Gasteiger partial charge in [0, 0.05) is 5.70 Å². The van der Waals surface area contributed by atoms with Gasteiger partial charge in [-0.3, -0.25) is 4.79 Å². The van der Waals surface area contributed by atoms with E-state index in [-0.39, 0.29) is 24.5 Å². The number of hydrogen-bond donors (Lipinski definition) is 3. The van der Waals surface area contributed by atoms with Crippen LogP contribution in [0.2, 0.25) is 0 Å². The van der Waals surface area contributed by atoms with Gasteiger partial charge in [0.05, 0.1) is 39.6 Å². The number of rotatable bonds is 12. The average Bonchev–Trinajstić information content (AvgIpc) is 3.06. The Hall–Kier alpha value is -4.63. The summed E-state index contributed by atoms with van der Waals surface area (Å²) in [6.45, 7) is 3.59. The number of methoxy groups -OCH3 is 1. The van der Waals surface area contributed by atoms with Crippen LogP contribution >= 0.6 is 38.5 Å². The van der Waals surface area contributed by atoms with Crippen LogP contribution < -0.4 is 30.3 Å². The Labute approximate surface area is 299 Å². The van der Waals surface area contributed by atoms with Crippen molar-refractivity contribution in [1.82, 2.24) is 16.1 Å². The van der Waals surface area contributed by atoms with Crippen molar-refractivity contribution in [3.8, 4) is 17.2 Å². The molecule has 1 aliphatic heterocycles. The maximum absolute atomic E-state index is 12.6. The number of benzene rings is 4. The topological polar surface area (TPSA) is 137 Å². The van der Waals surface area contributed by atoms with Crippen molar-refractivity contribution < 1.29 is 33.3 Å². The van der Waals surface area contributed by atoms with E-state index in [1.165, 1.54) is 18.7 Å². The number of nitrogens with zero attached hydrogens (tertiary/aromatic N) is 1. The number of halogens is 2. The zero-order valence-corrected chi connectivity index (χ0v) is 30.0. The number of hydrazone groups is 1. The number of hydrogen-bond acceptors (Lipinski definition) is 8. The molecular formula is C35H32BrIN4O7. The number of carbonyl (C=O) groups is 3. The first kappa shape index (κ1) is 34.7. The van der Waals surface area contributed by atoms with Gasteiger partial charge in [0.1, 0.15) is 12.4 Å². The predicted molar refractivity (Wildman–Crippen MR) is 193 cm³/mol. The van der Waals surface area contributed by atoms with Crippen LogP contribution in [-0.2, 0) is 20.9 Å². The van der Waals surface area contributed by atoms with E-state index in [9.17, 15) is 14.4 Å². The molecule has 0 spiro atoms. The van der Waals surface area contributed by atoms with Gasteiger partial charge in [-0.15, -0.1) is 0 Å². The number of urea groups is 1. The van der Waals surface area contributed by atoms with Crippen molar-refractivity contribution in [1.29, 1.82) is 0 Å². The standard InChI is InChI=1S/C35H32BrIN4O7/c1-4-46-34(43)31-20(2)39-35(44)40-32(31)25-11-12-28(29(16-25)45-3)47-19-30(42)41-38-17-22-14-26(36)33(27(37)15-22)48-18-21-9-10-23-7-5-6-8-24(23)13-21/h5-17,32H,4,18-19H2,1-3H3,(H,41,42)(H2,39,40,44)/b38-17-/t32-/m1/s1. The minimum atomic E-state index is -0.772. The summed E-state index contributed by atoms with van der Waals surface area (Å²) in [6, 6.07) is 21.9. The molecule has 13 heteroatoms. The maximum Gasteiger partial charge on any atom is 0.338 e. The first-order valence-electron chi connectivity index (χ1n) is 14.8. The van der Waals surface area contributed by atoms with Gasteiger partial charge >= 0.3 is 12.0 Å². The minimum Gasteiger partial charge on any atom is -0.493 e. The van der Waals surface area contributed by atoms with Crippen LogP contribution in [0.15, 0.2) is 93.6 Å². The normalized spacial score (nSPS) is 14.4. The molecule has 1 heterocycles. The second-order valence-corrected chi connectivity index (χ2v) is 12.6. The van der Waals surface area contributed by atoms with Crippen LogP contribution in [0.25, 0.3) is 10.8 Å². The Balaban J connectivity index is 1.17. The van der Waals surface area contributed by atoms with Gasteiger partial charge in [-0.1, -0.05) is 42.5 Å². The van der Waals surface area contributed by atoms with Crippen molar-refractivity contribution in [2.45, 2.75) is 26.5 Å². The van der Waals surface area contributed by atoms with Crippen molar-refractivity contribution in [2.75, 3.05) is 20.3 Å². The molecule has 1 atom stereocenters. The molecule has 4 aromatic carbocycles. The van der Waals surface area contributed by atoms with E-state index in [1.807, 2.05) is 24.3 Å². The van der Waals surface area contributed by atoms with Gasteiger partial charge in [0.25, 0.3) is 5.91 Å². The fourth-order valence-corrected chi connectivity index (χ4v) is 6.81. The first-order valence-corrected chi connectivity index (χ1v) is 16.7. The lowest BCUT2D eigenvalue weighted by atomic mass is 9.95. The highest BCUT2D eigenvalue weighted by Crippen LogP contribution is 2.35. The van der Waals surface area contributed by atoms with Crippen LogP contribution in [0.1, 0.15) is 36.6 Å². The molecule has 3 amide bonds. The van der Waals surface area contributed by atoms with E-state index in [4.69, 9.17) is 18.9 Å². The lowest BCUT2D eigenvalue weighted by Crippen LogP contribution is -2.45. The number of amides is 3. The number of ether oxygens (including phenoxy) is 4. The first-order chi connectivity index (χ1) is 23.2. The average molecular weight is 827 g/mol. The van der Waals surface area contributed by atoms with E-state index in [1.54, 1.807) is 32.0 Å². The van der Waals surface area contributed by atoms with Gasteiger partial charge in [-0.2, -0.15) is 5.10 Å². The molecule has 48 heavy (non-hydrogen) atoms. The maximum atomic E-state index is 12.6. The molecule has 0 saturated heterocycles. The molecule has 3 N–H and O–H groups in total. The van der Waals surface area contributed by atoms with Gasteiger partial charge < -0.3 is 29.6 Å². The zero-order valence-electron chi connectivity index (χ0n) is 26.3. The quantitative estimate of drug-likeness (QED) is 0.0641. The van der Waals surface area contributed by atoms with Crippen molar-refractivity contribution in [2.24, 2.45) is 5.10 Å². The molecule has 4 aromatic rings. The molecule has 5 rings (SSSR count). The van der Waals surface area contributed by atoms with E-state index >= 15 is 0 Å². The molecular weight excluding hydrogens is 795 g/mol. The summed E-state index contributed by atoms with van der Waals surface area (Å²) in [5, 5.41) is 11.7. The lowest BCUT2D eigenvalue weighted by Gasteiger charge is -2.28. The number of allylic oxidation sites excluding steroid dienone is 1. The summed E-state index contributed by atoms with van der Waals surface area (Å²) in [5.41, 5.74) is 5.50. The molecule has 0 radical (unpaired) electrons. The minimum absolute atomic E-state index is 0.184. The molecule has 1 aliphatic rings. The van der Waals surface area contributed by atoms with Crippen LogP contribution in [0, 0.1) is 3.57 Å². The Morgan fingerprint density at radius 3 is 2.56 bits per heavy atom. The van der Waals surface area contributed by atoms with Crippen LogP contribution in [-0.4, -0.2) is 44.4 Å². The van der Waals surface area contributed by atoms with E-state index in [2.05, 4.69) is 90.0 Å². The molecule has 11 nitrogen and oxygen atoms in total. The zero-order chi connectivity index (χ0) is 34.2. The summed E-state index contributed by atoms with van der Waals surface area (Å²) in [6.07, 6.45) is 1.53. The summed E-state index contributed by atoms with van der Waals surface area (Å²) in [7, 11) is 1.45. The molecule has 248 valence electrons. The van der Waals surface area contributed by atoms with Crippen LogP contribution in [0.4, 0.5) is 4.79 Å². The molecule has 0 unspecified atom stereocenters. The monoisotopic (exact) mass is 826 g/mol. The van der Waals surface area contributed by atoms with Crippen molar-refractivity contribution >= 4 is 73.4 Å². The predicted octanol–water partition coefficient (Wildman–Crippen LogP) is 6.51. The summed E-state index contributed by atoms with van der Waals surface area (Å²) >= 11 is 5.79. The Bertz CT molecular complexity index is 1910. The summed E-state index contributed by atoms with van der Waals surface area (Å²) in [4.78, 5) is 37.4. The lowest BCUT2D eigenvalue weighted by molar-refractivity contribution is -0.139. The molecule has 0 saturated carbocycles. The highest BCUT2D eigenvalue weighted by atomic mass is 127. The Kier molecular flexibility index (Phi) is 11.5. The second-order valence-electron chi connectivity index (χ2n) is 10.6. The Morgan fingerprint density at radius 1 is 1.02 bits per heavy atom. The summed E-state index contributed by atoms with van der Waals surface area (Å²) in [5.74, 6) is 0.267. The molecule has 0 aliphatic carbocycles. The van der Waals surface area contributed by atoms with E-state index in [0.717, 1.165) is 24.6 Å². The van der Waals surface area contributed by atoms with E-state index in [0.29, 0.717) is 29.4 Å². The molecule has 0 aromatic heterocycles. The smallest absolute Gasteiger partial charge is 0.338 e. The largest absolute Gasteiger partial charge is 0.493 e. The molecule has 0 fully saturated rings. The third-order valence-corrected chi connectivity index (χ3v) is 8.66. The fraction of sp³-hybridized carbons (Fsp3) is 0.200. The van der Waals surface area contributed by atoms with Gasteiger partial charge in [-0.25, -0.2) is 15.0 Å². The highest BCUT2D eigenvalue weighted by molar-refractivity contribution is 14.1. The number of fused-ring (bicyclic) bond motifs is 1. The van der Waals surface area contributed by atoms with Crippen molar-refractivity contribution in [3.63, 3.8) is 0 Å². The number of carbonyl (C=O) groups excluding carboxylic acids is 3. The highest BCUT2D eigenvalue weighted by Gasteiger charge is 2.32. The summed E-state index contributed by atoms with van der Waals surface area (Å²) < 4.78 is 24.1. The van der Waals surface area contributed by atoms with Gasteiger partial charge in [-0.05, 0) is 110 Å². The van der Waals surface area contributed by atoms with Crippen LogP contribution in [0.5, 0.6) is 17.2 Å². The van der Waals surface area contributed by atoms with E-state index < -0.39 is 23.9 Å². The van der Waals surface area contributed by atoms with Crippen LogP contribution in [0.3, 0.4) is 0 Å². The number of esters is 1. The third kappa shape index (κ3) is 8.44. The van der Waals surface area contributed by atoms with Gasteiger partial charge in [0.15, 0.2) is 18.1 Å². The van der Waals surface area contributed by atoms with Gasteiger partial charge in [0.2, 0.25) is 0 Å². The molecule has 0 bridgehead atoms. The Morgan fingerprint density at radius 2 is 1.81 bits per heavy atom. The second kappa shape index (κ2) is 16.0. The third-order valence-electron chi connectivity index (χ3n) is 7.26. The fourth-order valence-electron chi connectivity index (χ4n) is 5.04. The van der Waals surface area contributed by atoms with Crippen molar-refractivity contribution in [3.05, 3.63) is 109 Å². The SMILES string of the molecule is CCOC(=O)C1=C(C)NC(=O)N[C@@H]1c1ccc(OCC(=O)N/N=C\c2cc(Br)c(OCc3ccc4ccccc4c3)c(I)c2)c(OC)c1. The number of nitrogens with one attached hydrogen (secondary N) is 3.